The molecule has 1 N–H and O–H groups in total. The van der Waals surface area contributed by atoms with Gasteiger partial charge in [-0.1, -0.05) is 18.3 Å². The SMILES string of the molecule is CC(CNCc1ccc([N+](=O)[O-])s1)CN(C)C(=O)OC(C)(C)C. The minimum atomic E-state index is -0.499. The Hall–Kier alpha value is -1.67. The molecule has 0 saturated heterocycles. The zero-order valence-electron chi connectivity index (χ0n) is 14.3. The van der Waals surface area contributed by atoms with Gasteiger partial charge in [-0.25, -0.2) is 4.79 Å². The third-order valence-corrected chi connectivity index (χ3v) is 3.95. The number of nitrogens with zero attached hydrogens (tertiary/aromatic N) is 2. The molecule has 0 saturated carbocycles. The van der Waals surface area contributed by atoms with Gasteiger partial charge in [0.1, 0.15) is 5.60 Å². The lowest BCUT2D eigenvalue weighted by molar-refractivity contribution is -0.380. The highest BCUT2D eigenvalue weighted by molar-refractivity contribution is 7.15. The predicted molar refractivity (Wildman–Crippen MR) is 90.7 cm³/mol. The second-order valence-electron chi connectivity index (χ2n) is 6.59. The number of carbonyl (C=O) groups excluding carboxylic acids is 1. The normalized spacial score (nSPS) is 12.7. The fourth-order valence-electron chi connectivity index (χ4n) is 1.95. The van der Waals surface area contributed by atoms with Crippen molar-refractivity contribution in [2.75, 3.05) is 20.1 Å². The molecule has 0 radical (unpaired) electrons. The van der Waals surface area contributed by atoms with Crippen molar-refractivity contribution in [1.82, 2.24) is 10.2 Å². The van der Waals surface area contributed by atoms with E-state index in [9.17, 15) is 14.9 Å². The molecule has 1 unspecified atom stereocenters. The van der Waals surface area contributed by atoms with Gasteiger partial charge in [-0.05, 0) is 39.3 Å². The minimum Gasteiger partial charge on any atom is -0.444 e. The summed E-state index contributed by atoms with van der Waals surface area (Å²) in [4.78, 5) is 24.6. The van der Waals surface area contributed by atoms with Crippen LogP contribution >= 0.6 is 11.3 Å². The predicted octanol–water partition coefficient (Wildman–Crippen LogP) is 3.25. The highest BCUT2D eigenvalue weighted by atomic mass is 32.1. The first-order valence-electron chi connectivity index (χ1n) is 7.46. The number of ether oxygens (including phenoxy) is 1. The summed E-state index contributed by atoms with van der Waals surface area (Å²) < 4.78 is 5.30. The molecule has 0 aromatic carbocycles. The molecule has 1 atom stereocenters. The Morgan fingerprint density at radius 2 is 2.13 bits per heavy atom. The Labute approximate surface area is 140 Å². The topological polar surface area (TPSA) is 84.7 Å². The van der Waals surface area contributed by atoms with Crippen LogP contribution in [-0.4, -0.2) is 41.7 Å². The lowest BCUT2D eigenvalue weighted by atomic mass is 10.1. The van der Waals surface area contributed by atoms with E-state index in [0.717, 1.165) is 4.88 Å². The van der Waals surface area contributed by atoms with Gasteiger partial charge in [0, 0.05) is 31.1 Å². The van der Waals surface area contributed by atoms with Crippen LogP contribution in [-0.2, 0) is 11.3 Å². The number of carbonyl (C=O) groups is 1. The van der Waals surface area contributed by atoms with Crippen molar-refractivity contribution >= 4 is 22.4 Å². The molecule has 0 fully saturated rings. The summed E-state index contributed by atoms with van der Waals surface area (Å²) in [6, 6.07) is 3.27. The highest BCUT2D eigenvalue weighted by Gasteiger charge is 2.20. The molecule has 7 nitrogen and oxygen atoms in total. The van der Waals surface area contributed by atoms with E-state index in [1.165, 1.54) is 17.4 Å². The molecular formula is C15H25N3O4S. The van der Waals surface area contributed by atoms with E-state index >= 15 is 0 Å². The second kappa shape index (κ2) is 8.26. The first-order chi connectivity index (χ1) is 10.6. The lowest BCUT2D eigenvalue weighted by Crippen LogP contribution is -2.38. The van der Waals surface area contributed by atoms with E-state index in [1.54, 1.807) is 18.0 Å². The van der Waals surface area contributed by atoms with Crippen molar-refractivity contribution in [3.05, 3.63) is 27.1 Å². The van der Waals surface area contributed by atoms with Gasteiger partial charge in [0.2, 0.25) is 0 Å². The smallest absolute Gasteiger partial charge is 0.410 e. The summed E-state index contributed by atoms with van der Waals surface area (Å²) in [5, 5.41) is 14.0. The molecular weight excluding hydrogens is 318 g/mol. The van der Waals surface area contributed by atoms with Gasteiger partial charge >= 0.3 is 11.1 Å². The number of nitro groups is 1. The third kappa shape index (κ3) is 7.43. The maximum atomic E-state index is 11.9. The van der Waals surface area contributed by atoms with Crippen LogP contribution in [0, 0.1) is 16.0 Å². The zero-order valence-corrected chi connectivity index (χ0v) is 15.1. The second-order valence-corrected chi connectivity index (χ2v) is 7.74. The quantitative estimate of drug-likeness (QED) is 0.607. The number of thiophene rings is 1. The molecule has 1 rings (SSSR count). The summed E-state index contributed by atoms with van der Waals surface area (Å²) in [5.41, 5.74) is -0.499. The summed E-state index contributed by atoms with van der Waals surface area (Å²) in [5.74, 6) is 0.238. The van der Waals surface area contributed by atoms with Crippen molar-refractivity contribution in [3.63, 3.8) is 0 Å². The largest absolute Gasteiger partial charge is 0.444 e. The molecule has 0 aliphatic carbocycles. The molecule has 23 heavy (non-hydrogen) atoms. The molecule has 0 spiro atoms. The fourth-order valence-corrected chi connectivity index (χ4v) is 2.74. The van der Waals surface area contributed by atoms with Crippen molar-refractivity contribution < 1.29 is 14.5 Å². The fraction of sp³-hybridized carbons (Fsp3) is 0.667. The van der Waals surface area contributed by atoms with Crippen LogP contribution in [0.4, 0.5) is 9.80 Å². The summed E-state index contributed by atoms with van der Waals surface area (Å²) in [6.07, 6.45) is -0.335. The summed E-state index contributed by atoms with van der Waals surface area (Å²) in [7, 11) is 1.72. The van der Waals surface area contributed by atoms with Crippen molar-refractivity contribution in [2.45, 2.75) is 39.8 Å². The van der Waals surface area contributed by atoms with E-state index < -0.39 is 5.60 Å². The Kier molecular flexibility index (Phi) is 6.96. The number of hydrogen-bond donors (Lipinski definition) is 1. The maximum absolute atomic E-state index is 11.9. The first kappa shape index (κ1) is 19.4. The minimum absolute atomic E-state index is 0.152. The maximum Gasteiger partial charge on any atom is 0.410 e. The van der Waals surface area contributed by atoms with Crippen molar-refractivity contribution in [1.29, 1.82) is 0 Å². The van der Waals surface area contributed by atoms with Crippen molar-refractivity contribution in [3.8, 4) is 0 Å². The Morgan fingerprint density at radius 3 is 2.65 bits per heavy atom. The average molecular weight is 343 g/mol. The summed E-state index contributed by atoms with van der Waals surface area (Å²) >= 11 is 1.17. The third-order valence-electron chi connectivity index (χ3n) is 2.91. The van der Waals surface area contributed by atoms with Crippen LogP contribution in [0.1, 0.15) is 32.6 Å². The monoisotopic (exact) mass is 343 g/mol. The van der Waals surface area contributed by atoms with Crippen LogP contribution in [0.15, 0.2) is 12.1 Å². The molecule has 0 aliphatic heterocycles. The lowest BCUT2D eigenvalue weighted by Gasteiger charge is -2.26. The summed E-state index contributed by atoms with van der Waals surface area (Å²) in [6.45, 7) is 9.41. The molecule has 1 aromatic heterocycles. The van der Waals surface area contributed by atoms with E-state index in [2.05, 4.69) is 5.32 Å². The highest BCUT2D eigenvalue weighted by Crippen LogP contribution is 2.23. The van der Waals surface area contributed by atoms with Gasteiger partial charge < -0.3 is 15.0 Å². The number of nitrogens with one attached hydrogen (secondary N) is 1. The Balaban J connectivity index is 2.31. The Morgan fingerprint density at radius 1 is 1.48 bits per heavy atom. The van der Waals surface area contributed by atoms with Gasteiger partial charge in [-0.2, -0.15) is 0 Å². The standard InChI is InChI=1S/C15H25N3O4S/c1-11(10-17(5)14(19)22-15(2,3)4)8-16-9-12-6-7-13(23-12)18(20)21/h6-7,11,16H,8-10H2,1-5H3. The van der Waals surface area contributed by atoms with Gasteiger partial charge in [0.25, 0.3) is 0 Å². The van der Waals surface area contributed by atoms with Gasteiger partial charge in [0.15, 0.2) is 0 Å². The zero-order chi connectivity index (χ0) is 17.6. The molecule has 0 aliphatic rings. The molecule has 0 bridgehead atoms. The van der Waals surface area contributed by atoms with E-state index in [0.29, 0.717) is 19.6 Å². The first-order valence-corrected chi connectivity index (χ1v) is 8.28. The molecule has 1 amide bonds. The number of hydrogen-bond acceptors (Lipinski definition) is 6. The van der Waals surface area contributed by atoms with Gasteiger partial charge in [0.05, 0.1) is 4.92 Å². The van der Waals surface area contributed by atoms with Crippen LogP contribution in [0.25, 0.3) is 0 Å². The molecule has 1 heterocycles. The van der Waals surface area contributed by atoms with Crippen molar-refractivity contribution in [2.24, 2.45) is 5.92 Å². The number of amides is 1. The van der Waals surface area contributed by atoms with Crippen LogP contribution < -0.4 is 5.32 Å². The molecule has 130 valence electrons. The average Bonchev–Trinajstić information content (AvgIpc) is 2.85. The molecule has 8 heteroatoms. The number of rotatable bonds is 7. The van der Waals surface area contributed by atoms with Crippen LogP contribution in [0.5, 0.6) is 0 Å². The van der Waals surface area contributed by atoms with Crippen LogP contribution in [0.2, 0.25) is 0 Å². The van der Waals surface area contributed by atoms with E-state index in [-0.39, 0.29) is 21.9 Å². The van der Waals surface area contributed by atoms with Crippen LogP contribution in [0.3, 0.4) is 0 Å². The van der Waals surface area contributed by atoms with E-state index in [1.807, 2.05) is 27.7 Å². The van der Waals surface area contributed by atoms with Gasteiger partial charge in [-0.3, -0.25) is 10.1 Å². The Bertz CT molecular complexity index is 539. The van der Waals surface area contributed by atoms with E-state index in [4.69, 9.17) is 4.74 Å². The van der Waals surface area contributed by atoms with Gasteiger partial charge in [-0.15, -0.1) is 0 Å². The molecule has 1 aromatic rings.